The zero-order valence-electron chi connectivity index (χ0n) is 18.3. The molecule has 0 aliphatic carbocycles. The molecule has 0 radical (unpaired) electrons. The fourth-order valence-electron chi connectivity index (χ4n) is 2.97. The number of nitrogens with one attached hydrogen (secondary N) is 1. The number of hydrogen-bond acceptors (Lipinski definition) is 4. The van der Waals surface area contributed by atoms with Gasteiger partial charge < -0.3 is 9.64 Å². The molecular weight excluding hydrogens is 434 g/mol. The fourth-order valence-corrected chi connectivity index (χ4v) is 4.06. The maximum Gasteiger partial charge on any atom is 0.323 e. The molecule has 0 heterocycles. The SMILES string of the molecule is C=CCN(C)CCCCCCOc1ccc(N(C)S(=O)(=O)Nc2ccc(Cl)cc2)cc1. The fraction of sp³-hybridized carbons (Fsp3) is 0.391. The molecule has 0 saturated heterocycles. The predicted octanol–water partition coefficient (Wildman–Crippen LogP) is 5.19. The van der Waals surface area contributed by atoms with E-state index in [9.17, 15) is 8.42 Å². The van der Waals surface area contributed by atoms with Crippen molar-refractivity contribution in [3.05, 3.63) is 66.2 Å². The second-order valence-corrected chi connectivity index (χ2v) is 9.53. The van der Waals surface area contributed by atoms with Crippen LogP contribution in [0.1, 0.15) is 25.7 Å². The molecule has 0 aliphatic rings. The number of rotatable bonds is 14. The van der Waals surface area contributed by atoms with Gasteiger partial charge in [0.25, 0.3) is 0 Å². The van der Waals surface area contributed by atoms with Crippen LogP contribution >= 0.6 is 11.6 Å². The smallest absolute Gasteiger partial charge is 0.323 e. The molecule has 0 aromatic heterocycles. The van der Waals surface area contributed by atoms with Crippen molar-refractivity contribution in [1.29, 1.82) is 0 Å². The minimum atomic E-state index is -3.74. The molecule has 2 rings (SSSR count). The molecule has 8 heteroatoms. The maximum atomic E-state index is 12.6. The largest absolute Gasteiger partial charge is 0.494 e. The molecule has 170 valence electrons. The lowest BCUT2D eigenvalue weighted by Gasteiger charge is -2.20. The third-order valence-electron chi connectivity index (χ3n) is 4.80. The van der Waals surface area contributed by atoms with Gasteiger partial charge in [-0.1, -0.05) is 30.5 Å². The molecule has 0 aliphatic heterocycles. The Morgan fingerprint density at radius 1 is 1.00 bits per heavy atom. The molecule has 0 bridgehead atoms. The Bertz CT molecular complexity index is 903. The number of unbranched alkanes of at least 4 members (excludes halogenated alkanes) is 3. The summed E-state index contributed by atoms with van der Waals surface area (Å²) in [5.74, 6) is 0.728. The third-order valence-corrected chi connectivity index (χ3v) is 6.47. The number of likely N-dealkylation sites (N-methyl/N-ethyl adjacent to an activating group) is 1. The molecular formula is C23H32ClN3O3S. The van der Waals surface area contributed by atoms with Crippen LogP contribution in [0, 0.1) is 0 Å². The van der Waals surface area contributed by atoms with E-state index in [1.807, 2.05) is 6.08 Å². The first-order valence-electron chi connectivity index (χ1n) is 10.4. The molecule has 0 atom stereocenters. The van der Waals surface area contributed by atoms with Crippen LogP contribution in [0.15, 0.2) is 61.2 Å². The van der Waals surface area contributed by atoms with Gasteiger partial charge in [0.05, 0.1) is 18.0 Å². The quantitative estimate of drug-likeness (QED) is 0.308. The van der Waals surface area contributed by atoms with Crippen LogP contribution in [0.3, 0.4) is 0 Å². The Morgan fingerprint density at radius 2 is 1.65 bits per heavy atom. The average molecular weight is 466 g/mol. The lowest BCUT2D eigenvalue weighted by molar-refractivity contribution is 0.300. The van der Waals surface area contributed by atoms with Gasteiger partial charge in [0.15, 0.2) is 0 Å². The summed E-state index contributed by atoms with van der Waals surface area (Å²) in [6.45, 7) is 6.40. The number of anilines is 2. The van der Waals surface area contributed by atoms with E-state index in [1.54, 1.807) is 48.5 Å². The van der Waals surface area contributed by atoms with Crippen LogP contribution in [0.5, 0.6) is 5.75 Å². The predicted molar refractivity (Wildman–Crippen MR) is 130 cm³/mol. The van der Waals surface area contributed by atoms with Crippen molar-refractivity contribution in [3.8, 4) is 5.75 Å². The van der Waals surface area contributed by atoms with Crippen molar-refractivity contribution >= 4 is 33.2 Å². The van der Waals surface area contributed by atoms with Crippen molar-refractivity contribution in [3.63, 3.8) is 0 Å². The van der Waals surface area contributed by atoms with Crippen LogP contribution in [-0.2, 0) is 10.2 Å². The van der Waals surface area contributed by atoms with E-state index in [4.69, 9.17) is 16.3 Å². The molecule has 6 nitrogen and oxygen atoms in total. The number of benzene rings is 2. The van der Waals surface area contributed by atoms with E-state index in [2.05, 4.69) is 23.2 Å². The van der Waals surface area contributed by atoms with Crippen molar-refractivity contribution in [1.82, 2.24) is 4.90 Å². The standard InChI is InChI=1S/C23H32ClN3O3S/c1-4-17-26(2)18-7-5-6-8-19-30-23-15-13-22(14-16-23)27(3)31(28,29)25-21-11-9-20(24)10-12-21/h4,9-16,25H,1,5-8,17-19H2,2-3H3. The number of ether oxygens (including phenoxy) is 1. The molecule has 0 saturated carbocycles. The zero-order chi connectivity index (χ0) is 22.7. The Kier molecular flexibility index (Phi) is 10.2. The molecule has 2 aromatic carbocycles. The summed E-state index contributed by atoms with van der Waals surface area (Å²) in [6.07, 6.45) is 6.38. The summed E-state index contributed by atoms with van der Waals surface area (Å²) in [5, 5.41) is 0.544. The first kappa shape index (κ1) is 25.0. The van der Waals surface area contributed by atoms with Gasteiger partial charge >= 0.3 is 10.2 Å². The Hall–Kier alpha value is -2.22. The molecule has 0 fully saturated rings. The van der Waals surface area contributed by atoms with E-state index in [1.165, 1.54) is 24.2 Å². The summed E-state index contributed by atoms with van der Waals surface area (Å²) in [5.41, 5.74) is 0.987. The summed E-state index contributed by atoms with van der Waals surface area (Å²) in [6, 6.07) is 13.5. The van der Waals surface area contributed by atoms with Crippen LogP contribution in [0.4, 0.5) is 11.4 Å². The normalized spacial score (nSPS) is 11.4. The first-order valence-corrected chi connectivity index (χ1v) is 12.2. The second-order valence-electron chi connectivity index (χ2n) is 7.39. The lowest BCUT2D eigenvalue weighted by Crippen LogP contribution is -2.32. The average Bonchev–Trinajstić information content (AvgIpc) is 2.74. The Balaban J connectivity index is 1.75. The van der Waals surface area contributed by atoms with Crippen LogP contribution < -0.4 is 13.8 Å². The van der Waals surface area contributed by atoms with Gasteiger partial charge in [-0.05, 0) is 75.0 Å². The van der Waals surface area contributed by atoms with E-state index >= 15 is 0 Å². The van der Waals surface area contributed by atoms with Gasteiger partial charge in [-0.3, -0.25) is 9.03 Å². The van der Waals surface area contributed by atoms with Gasteiger partial charge in [0.1, 0.15) is 5.75 Å². The monoisotopic (exact) mass is 465 g/mol. The van der Waals surface area contributed by atoms with Gasteiger partial charge in [0.2, 0.25) is 0 Å². The van der Waals surface area contributed by atoms with Crippen molar-refractivity contribution in [2.24, 2.45) is 0 Å². The Morgan fingerprint density at radius 3 is 2.29 bits per heavy atom. The lowest BCUT2D eigenvalue weighted by atomic mass is 10.2. The molecule has 1 N–H and O–H groups in total. The summed E-state index contributed by atoms with van der Waals surface area (Å²) < 4.78 is 34.7. The second kappa shape index (κ2) is 12.6. The summed E-state index contributed by atoms with van der Waals surface area (Å²) in [7, 11) is -0.139. The topological polar surface area (TPSA) is 61.9 Å². The third kappa shape index (κ3) is 8.81. The molecule has 0 amide bonds. The molecule has 0 spiro atoms. The number of hydrogen-bond donors (Lipinski definition) is 1. The van der Waals surface area contributed by atoms with Gasteiger partial charge in [-0.25, -0.2) is 0 Å². The molecule has 2 aromatic rings. The summed E-state index contributed by atoms with van der Waals surface area (Å²) >= 11 is 5.84. The Labute approximate surface area is 191 Å². The van der Waals surface area contributed by atoms with Gasteiger partial charge in [-0.15, -0.1) is 6.58 Å². The van der Waals surface area contributed by atoms with Crippen LogP contribution in [0.2, 0.25) is 5.02 Å². The van der Waals surface area contributed by atoms with Crippen molar-refractivity contribution < 1.29 is 13.2 Å². The first-order chi connectivity index (χ1) is 14.8. The van der Waals surface area contributed by atoms with Crippen LogP contribution in [-0.4, -0.2) is 47.1 Å². The highest BCUT2D eigenvalue weighted by atomic mass is 35.5. The minimum absolute atomic E-state index is 0.448. The highest BCUT2D eigenvalue weighted by molar-refractivity contribution is 7.94. The van der Waals surface area contributed by atoms with Crippen molar-refractivity contribution in [2.45, 2.75) is 25.7 Å². The van der Waals surface area contributed by atoms with E-state index in [0.717, 1.165) is 31.7 Å². The molecule has 0 unspecified atom stereocenters. The van der Waals surface area contributed by atoms with Gasteiger partial charge in [-0.2, -0.15) is 8.42 Å². The highest BCUT2D eigenvalue weighted by Crippen LogP contribution is 2.22. The highest BCUT2D eigenvalue weighted by Gasteiger charge is 2.18. The van der Waals surface area contributed by atoms with Crippen molar-refractivity contribution in [2.75, 3.05) is 42.8 Å². The maximum absolute atomic E-state index is 12.6. The van der Waals surface area contributed by atoms with E-state index in [0.29, 0.717) is 23.0 Å². The summed E-state index contributed by atoms with van der Waals surface area (Å²) in [4.78, 5) is 2.26. The van der Waals surface area contributed by atoms with E-state index in [-0.39, 0.29) is 0 Å². The van der Waals surface area contributed by atoms with Gasteiger partial charge in [0, 0.05) is 18.6 Å². The van der Waals surface area contributed by atoms with Crippen LogP contribution in [0.25, 0.3) is 0 Å². The number of halogens is 1. The number of nitrogens with zero attached hydrogens (tertiary/aromatic N) is 2. The zero-order valence-corrected chi connectivity index (χ0v) is 19.8. The minimum Gasteiger partial charge on any atom is -0.494 e. The molecule has 31 heavy (non-hydrogen) atoms. The van der Waals surface area contributed by atoms with E-state index < -0.39 is 10.2 Å².